The zero-order valence-corrected chi connectivity index (χ0v) is 18.9. The lowest BCUT2D eigenvalue weighted by atomic mass is 9.87. The Morgan fingerprint density at radius 3 is 2.38 bits per heavy atom. The number of hydrogen-bond acceptors (Lipinski definition) is 6. The van der Waals surface area contributed by atoms with Crippen LogP contribution in [0.2, 0.25) is 0 Å². The maximum absolute atomic E-state index is 11.9. The molecule has 0 unspecified atom stereocenters. The predicted octanol–water partition coefficient (Wildman–Crippen LogP) is 3.07. The van der Waals surface area contributed by atoms with E-state index in [1.165, 1.54) is 12.5 Å². The van der Waals surface area contributed by atoms with E-state index < -0.39 is 36.9 Å². The van der Waals surface area contributed by atoms with Crippen molar-refractivity contribution >= 4 is 5.91 Å². The van der Waals surface area contributed by atoms with Crippen molar-refractivity contribution in [3.05, 3.63) is 65.7 Å². The van der Waals surface area contributed by atoms with Gasteiger partial charge in [-0.2, -0.15) is 0 Å². The van der Waals surface area contributed by atoms with Crippen molar-refractivity contribution in [1.82, 2.24) is 5.32 Å². The number of rotatable bonds is 4. The Kier molecular flexibility index (Phi) is 6.53. The van der Waals surface area contributed by atoms with Crippen LogP contribution in [0.25, 0.3) is 0 Å². The van der Waals surface area contributed by atoms with Crippen molar-refractivity contribution in [1.29, 1.82) is 0 Å². The number of fused-ring (bicyclic) bond motifs is 1. The smallest absolute Gasteiger partial charge is 0.223 e. The van der Waals surface area contributed by atoms with E-state index in [0.29, 0.717) is 5.75 Å². The molecule has 6 atom stereocenters. The molecule has 2 fully saturated rings. The third kappa shape index (κ3) is 4.96. The number of benzene rings is 2. The molecule has 2 aromatic rings. The largest absolute Gasteiger partial charge is 0.463 e. The molecular formula is C25H31NO6. The summed E-state index contributed by atoms with van der Waals surface area (Å²) in [6.45, 7) is 8.05. The maximum Gasteiger partial charge on any atom is 0.223 e. The number of aliphatic hydroxyl groups is 1. The van der Waals surface area contributed by atoms with Gasteiger partial charge >= 0.3 is 0 Å². The van der Waals surface area contributed by atoms with Gasteiger partial charge in [0.15, 0.2) is 6.29 Å². The Morgan fingerprint density at radius 2 is 1.75 bits per heavy atom. The van der Waals surface area contributed by atoms with E-state index in [2.05, 4.69) is 26.1 Å². The van der Waals surface area contributed by atoms with E-state index in [0.717, 1.165) is 5.56 Å². The van der Waals surface area contributed by atoms with Crippen molar-refractivity contribution in [2.45, 2.75) is 70.0 Å². The van der Waals surface area contributed by atoms with Crippen LogP contribution in [0.3, 0.4) is 0 Å². The van der Waals surface area contributed by atoms with Crippen LogP contribution in [-0.4, -0.2) is 48.3 Å². The van der Waals surface area contributed by atoms with Crippen LogP contribution in [0, 0.1) is 0 Å². The van der Waals surface area contributed by atoms with Crippen molar-refractivity contribution < 1.29 is 28.8 Å². The second-order valence-corrected chi connectivity index (χ2v) is 9.33. The highest BCUT2D eigenvalue weighted by atomic mass is 16.7. The zero-order chi connectivity index (χ0) is 22.9. The van der Waals surface area contributed by atoms with Gasteiger partial charge in [0.05, 0.1) is 6.61 Å². The minimum Gasteiger partial charge on any atom is -0.463 e. The lowest BCUT2D eigenvalue weighted by Gasteiger charge is -2.47. The van der Waals surface area contributed by atoms with Crippen LogP contribution < -0.4 is 10.1 Å². The number of carbonyl (C=O) groups is 1. The molecule has 32 heavy (non-hydrogen) atoms. The fourth-order valence-corrected chi connectivity index (χ4v) is 4.03. The Morgan fingerprint density at radius 1 is 1.06 bits per heavy atom. The molecule has 0 saturated carbocycles. The summed E-state index contributed by atoms with van der Waals surface area (Å²) in [5.74, 6) is 0.295. The van der Waals surface area contributed by atoms with Crippen molar-refractivity contribution in [2.24, 2.45) is 0 Å². The number of hydrogen-bond donors (Lipinski definition) is 2. The van der Waals surface area contributed by atoms with Crippen LogP contribution in [0.1, 0.15) is 45.1 Å². The first-order valence-electron chi connectivity index (χ1n) is 10.9. The number of amides is 1. The van der Waals surface area contributed by atoms with Crippen LogP contribution in [-0.2, 0) is 24.4 Å². The fraction of sp³-hybridized carbons (Fsp3) is 0.480. The second-order valence-electron chi connectivity index (χ2n) is 9.33. The van der Waals surface area contributed by atoms with Gasteiger partial charge in [0.25, 0.3) is 0 Å². The molecule has 172 valence electrons. The maximum atomic E-state index is 11.9. The highest BCUT2D eigenvalue weighted by Crippen LogP contribution is 2.35. The molecule has 7 heteroatoms. The molecule has 0 radical (unpaired) electrons. The first kappa shape index (κ1) is 22.7. The van der Waals surface area contributed by atoms with Crippen LogP contribution in [0.15, 0.2) is 54.6 Å². The van der Waals surface area contributed by atoms with Crippen LogP contribution >= 0.6 is 0 Å². The van der Waals surface area contributed by atoms with Gasteiger partial charge in [0, 0.05) is 12.5 Å². The highest BCUT2D eigenvalue weighted by molar-refractivity contribution is 5.73. The molecule has 0 bridgehead atoms. The summed E-state index contributed by atoms with van der Waals surface area (Å²) in [6, 6.07) is 16.5. The van der Waals surface area contributed by atoms with Crippen molar-refractivity contribution in [3.8, 4) is 5.75 Å². The van der Waals surface area contributed by atoms with Crippen LogP contribution in [0.5, 0.6) is 5.75 Å². The Labute approximate surface area is 188 Å². The second kappa shape index (κ2) is 9.19. The molecular weight excluding hydrogens is 410 g/mol. The molecule has 0 aromatic heterocycles. The molecule has 2 aromatic carbocycles. The molecule has 2 saturated heterocycles. The van der Waals surface area contributed by atoms with Gasteiger partial charge in [-0.1, -0.05) is 63.2 Å². The van der Waals surface area contributed by atoms with E-state index in [1.807, 2.05) is 54.6 Å². The van der Waals surface area contributed by atoms with E-state index >= 15 is 0 Å². The quantitative estimate of drug-likeness (QED) is 0.759. The summed E-state index contributed by atoms with van der Waals surface area (Å²) in [6.07, 6.45) is -3.75. The first-order valence-corrected chi connectivity index (χ1v) is 10.9. The topological polar surface area (TPSA) is 86.3 Å². The van der Waals surface area contributed by atoms with Gasteiger partial charge in [0.1, 0.15) is 30.1 Å². The molecule has 0 spiro atoms. The number of nitrogens with one attached hydrogen (secondary N) is 1. The average molecular weight is 442 g/mol. The number of carbonyl (C=O) groups excluding carboxylic acids is 1. The molecule has 2 aliphatic heterocycles. The standard InChI is InChI=1S/C25H31NO6/c1-15(27)26-20-21(28)22-19(14-29-23(32-22)16-8-6-5-7-9-16)31-24(20)30-18-12-10-17(11-13-18)25(2,3)4/h5-13,19-24,28H,14H2,1-4H3,(H,26,27)/t19-,20+,21-,22-,23+,24-/m1/s1. The Bertz CT molecular complexity index is 910. The van der Waals surface area contributed by atoms with E-state index in [4.69, 9.17) is 18.9 Å². The molecule has 2 aliphatic rings. The van der Waals surface area contributed by atoms with Gasteiger partial charge in [-0.3, -0.25) is 4.79 Å². The highest BCUT2D eigenvalue weighted by Gasteiger charge is 2.50. The van der Waals surface area contributed by atoms with Crippen molar-refractivity contribution in [2.75, 3.05) is 6.61 Å². The summed E-state index contributed by atoms with van der Waals surface area (Å²) in [5.41, 5.74) is 2.05. The first-order chi connectivity index (χ1) is 15.2. The minimum atomic E-state index is -1.04. The van der Waals surface area contributed by atoms with E-state index in [9.17, 15) is 9.90 Å². The SMILES string of the molecule is CC(=O)N[C@@H]1[C@H](Oc2ccc(C(C)(C)C)cc2)O[C@@H]2CO[C@H](c3ccccc3)O[C@H]2[C@@H]1O. The summed E-state index contributed by atoms with van der Waals surface area (Å²) in [4.78, 5) is 11.9. The van der Waals surface area contributed by atoms with Gasteiger partial charge in [0.2, 0.25) is 12.2 Å². The van der Waals surface area contributed by atoms with Gasteiger partial charge in [-0.05, 0) is 23.1 Å². The molecule has 4 rings (SSSR count). The number of ether oxygens (including phenoxy) is 4. The third-order valence-electron chi connectivity index (χ3n) is 5.78. The van der Waals surface area contributed by atoms with Gasteiger partial charge in [-0.25, -0.2) is 0 Å². The lowest BCUT2D eigenvalue weighted by Crippen LogP contribution is -2.67. The Hall–Kier alpha value is -2.45. The van der Waals surface area contributed by atoms with Crippen LogP contribution in [0.4, 0.5) is 0 Å². The Balaban J connectivity index is 1.51. The van der Waals surface area contributed by atoms with Gasteiger partial charge < -0.3 is 29.4 Å². The molecule has 2 N–H and O–H groups in total. The zero-order valence-electron chi connectivity index (χ0n) is 18.9. The minimum absolute atomic E-state index is 0.0219. The van der Waals surface area contributed by atoms with Gasteiger partial charge in [-0.15, -0.1) is 0 Å². The van der Waals surface area contributed by atoms with Crippen molar-refractivity contribution in [3.63, 3.8) is 0 Å². The average Bonchev–Trinajstić information content (AvgIpc) is 2.76. The molecule has 0 aliphatic carbocycles. The molecule has 2 heterocycles. The lowest BCUT2D eigenvalue weighted by molar-refractivity contribution is -0.333. The number of aliphatic hydroxyl groups excluding tert-OH is 1. The predicted molar refractivity (Wildman–Crippen MR) is 118 cm³/mol. The summed E-state index contributed by atoms with van der Waals surface area (Å²) >= 11 is 0. The third-order valence-corrected chi connectivity index (χ3v) is 5.78. The van der Waals surface area contributed by atoms with E-state index in [-0.39, 0.29) is 17.9 Å². The molecule has 1 amide bonds. The summed E-state index contributed by atoms with van der Waals surface area (Å²) in [7, 11) is 0. The summed E-state index contributed by atoms with van der Waals surface area (Å²) < 4.78 is 24.1. The molecule has 7 nitrogen and oxygen atoms in total. The summed E-state index contributed by atoms with van der Waals surface area (Å²) in [5, 5.41) is 13.9. The van der Waals surface area contributed by atoms with E-state index in [1.54, 1.807) is 0 Å². The monoisotopic (exact) mass is 441 g/mol. The fourth-order valence-electron chi connectivity index (χ4n) is 4.03. The normalized spacial score (nSPS) is 30.3.